The summed E-state index contributed by atoms with van der Waals surface area (Å²) in [6, 6.07) is 5.63. The first-order valence-electron chi connectivity index (χ1n) is 7.15. The quantitative estimate of drug-likeness (QED) is 0.915. The lowest BCUT2D eigenvalue weighted by Crippen LogP contribution is -2.47. The van der Waals surface area contributed by atoms with Crippen molar-refractivity contribution in [3.8, 4) is 0 Å². The van der Waals surface area contributed by atoms with E-state index in [2.05, 4.69) is 24.8 Å². The van der Waals surface area contributed by atoms with E-state index < -0.39 is 6.10 Å². The van der Waals surface area contributed by atoms with Gasteiger partial charge >= 0.3 is 0 Å². The van der Waals surface area contributed by atoms with E-state index in [0.717, 1.165) is 43.5 Å². The first-order valence-corrected chi connectivity index (χ1v) is 7.15. The zero-order chi connectivity index (χ0) is 14.7. The van der Waals surface area contributed by atoms with E-state index in [9.17, 15) is 5.11 Å². The van der Waals surface area contributed by atoms with E-state index in [1.54, 1.807) is 25.5 Å². The van der Waals surface area contributed by atoms with Crippen LogP contribution >= 0.6 is 0 Å². The number of hydrogen-bond donors (Lipinski definition) is 1. The Bertz CT molecular complexity index is 582. The van der Waals surface area contributed by atoms with E-state index >= 15 is 0 Å². The molecular weight excluding hydrogens is 266 g/mol. The summed E-state index contributed by atoms with van der Waals surface area (Å²) in [6.07, 6.45) is 4.82. The second-order valence-corrected chi connectivity index (χ2v) is 5.15. The molecule has 3 heterocycles. The highest BCUT2D eigenvalue weighted by molar-refractivity contribution is 5.44. The Morgan fingerprint density at radius 2 is 1.67 bits per heavy atom. The fourth-order valence-corrected chi connectivity index (χ4v) is 2.46. The van der Waals surface area contributed by atoms with Gasteiger partial charge in [0, 0.05) is 44.8 Å². The highest BCUT2D eigenvalue weighted by atomic mass is 16.3. The Morgan fingerprint density at radius 3 is 2.33 bits per heavy atom. The zero-order valence-corrected chi connectivity index (χ0v) is 12.1. The molecule has 0 aromatic carbocycles. The maximum Gasteiger partial charge on any atom is 0.225 e. The van der Waals surface area contributed by atoms with Crippen LogP contribution in [0.4, 0.5) is 11.8 Å². The summed E-state index contributed by atoms with van der Waals surface area (Å²) in [5.74, 6) is 1.70. The number of rotatable bonds is 3. The third kappa shape index (κ3) is 3.11. The van der Waals surface area contributed by atoms with Gasteiger partial charge in [0.2, 0.25) is 5.95 Å². The van der Waals surface area contributed by atoms with Gasteiger partial charge in [0.05, 0.1) is 6.10 Å². The molecule has 1 aliphatic heterocycles. The number of pyridine rings is 1. The van der Waals surface area contributed by atoms with E-state index in [0.29, 0.717) is 0 Å². The van der Waals surface area contributed by atoms with Crippen LogP contribution in [-0.4, -0.2) is 46.2 Å². The van der Waals surface area contributed by atoms with Gasteiger partial charge in [-0.3, -0.25) is 0 Å². The summed E-state index contributed by atoms with van der Waals surface area (Å²) < 4.78 is 0. The topological polar surface area (TPSA) is 65.4 Å². The SMILES string of the molecule is CC(O)c1ccnc(N2CCN(c3ncccn3)CC2)c1. The number of aliphatic hydroxyl groups is 1. The molecule has 0 bridgehead atoms. The molecule has 1 N–H and O–H groups in total. The van der Waals surface area contributed by atoms with Gasteiger partial charge < -0.3 is 14.9 Å². The molecule has 1 unspecified atom stereocenters. The highest BCUT2D eigenvalue weighted by Gasteiger charge is 2.20. The van der Waals surface area contributed by atoms with Crippen LogP contribution < -0.4 is 9.80 Å². The normalized spacial score (nSPS) is 16.9. The van der Waals surface area contributed by atoms with Gasteiger partial charge in [-0.25, -0.2) is 15.0 Å². The minimum Gasteiger partial charge on any atom is -0.389 e. The highest BCUT2D eigenvalue weighted by Crippen LogP contribution is 2.20. The van der Waals surface area contributed by atoms with Crippen molar-refractivity contribution in [3.63, 3.8) is 0 Å². The fraction of sp³-hybridized carbons (Fsp3) is 0.400. The molecule has 1 fully saturated rings. The minimum atomic E-state index is -0.467. The Balaban J connectivity index is 1.67. The third-order valence-corrected chi connectivity index (χ3v) is 3.69. The largest absolute Gasteiger partial charge is 0.389 e. The van der Waals surface area contributed by atoms with Crippen molar-refractivity contribution in [2.75, 3.05) is 36.0 Å². The van der Waals surface area contributed by atoms with Crippen LogP contribution in [0.1, 0.15) is 18.6 Å². The van der Waals surface area contributed by atoms with Crippen molar-refractivity contribution in [3.05, 3.63) is 42.4 Å². The molecule has 3 rings (SSSR count). The second kappa shape index (κ2) is 6.05. The number of anilines is 2. The van der Waals surface area contributed by atoms with Crippen molar-refractivity contribution in [2.24, 2.45) is 0 Å². The number of aromatic nitrogens is 3. The Hall–Kier alpha value is -2.21. The van der Waals surface area contributed by atoms with Gasteiger partial charge in [-0.15, -0.1) is 0 Å². The van der Waals surface area contributed by atoms with Gasteiger partial charge in [0.1, 0.15) is 5.82 Å². The van der Waals surface area contributed by atoms with Crippen LogP contribution in [0.25, 0.3) is 0 Å². The predicted molar refractivity (Wildman–Crippen MR) is 81.3 cm³/mol. The lowest BCUT2D eigenvalue weighted by atomic mass is 10.1. The summed E-state index contributed by atoms with van der Waals surface area (Å²) in [4.78, 5) is 17.4. The molecule has 0 spiro atoms. The maximum atomic E-state index is 9.67. The van der Waals surface area contributed by atoms with Gasteiger partial charge in [-0.2, -0.15) is 0 Å². The van der Waals surface area contributed by atoms with Crippen LogP contribution in [-0.2, 0) is 0 Å². The van der Waals surface area contributed by atoms with E-state index in [1.807, 2.05) is 18.2 Å². The van der Waals surface area contributed by atoms with E-state index in [1.165, 1.54) is 0 Å². The molecular formula is C15H19N5O. The molecule has 2 aromatic heterocycles. The summed E-state index contributed by atoms with van der Waals surface area (Å²) in [5, 5.41) is 9.67. The molecule has 21 heavy (non-hydrogen) atoms. The van der Waals surface area contributed by atoms with Gasteiger partial charge in [-0.1, -0.05) is 0 Å². The second-order valence-electron chi connectivity index (χ2n) is 5.15. The van der Waals surface area contributed by atoms with Gasteiger partial charge in [0.15, 0.2) is 0 Å². The number of piperazine rings is 1. The average Bonchev–Trinajstić information content (AvgIpc) is 2.56. The van der Waals surface area contributed by atoms with Crippen molar-refractivity contribution < 1.29 is 5.11 Å². The molecule has 6 nitrogen and oxygen atoms in total. The molecule has 2 aromatic rings. The Labute approximate surface area is 124 Å². The molecule has 1 aliphatic rings. The van der Waals surface area contributed by atoms with Crippen molar-refractivity contribution in [2.45, 2.75) is 13.0 Å². The summed E-state index contributed by atoms with van der Waals surface area (Å²) >= 11 is 0. The van der Waals surface area contributed by atoms with Crippen molar-refractivity contribution in [1.29, 1.82) is 0 Å². The lowest BCUT2D eigenvalue weighted by Gasteiger charge is -2.35. The lowest BCUT2D eigenvalue weighted by molar-refractivity contribution is 0.199. The van der Waals surface area contributed by atoms with Crippen molar-refractivity contribution >= 4 is 11.8 Å². The molecule has 1 saturated heterocycles. The molecule has 6 heteroatoms. The average molecular weight is 285 g/mol. The molecule has 0 saturated carbocycles. The maximum absolute atomic E-state index is 9.67. The zero-order valence-electron chi connectivity index (χ0n) is 12.1. The third-order valence-electron chi connectivity index (χ3n) is 3.69. The fourth-order valence-electron chi connectivity index (χ4n) is 2.46. The first kappa shape index (κ1) is 13.8. The summed E-state index contributed by atoms with van der Waals surface area (Å²) in [6.45, 7) is 5.24. The van der Waals surface area contributed by atoms with Crippen LogP contribution in [0.15, 0.2) is 36.8 Å². The van der Waals surface area contributed by atoms with Crippen LogP contribution in [0, 0.1) is 0 Å². The predicted octanol–water partition coefficient (Wildman–Crippen LogP) is 1.25. The molecule has 0 amide bonds. The Morgan fingerprint density at radius 1 is 1.00 bits per heavy atom. The molecule has 0 aliphatic carbocycles. The first-order chi connectivity index (χ1) is 10.2. The summed E-state index contributed by atoms with van der Waals surface area (Å²) in [5.41, 5.74) is 0.897. The van der Waals surface area contributed by atoms with Crippen LogP contribution in [0.5, 0.6) is 0 Å². The van der Waals surface area contributed by atoms with Gasteiger partial charge in [0.25, 0.3) is 0 Å². The van der Waals surface area contributed by atoms with E-state index in [-0.39, 0.29) is 0 Å². The van der Waals surface area contributed by atoms with Crippen LogP contribution in [0.2, 0.25) is 0 Å². The molecule has 1 atom stereocenters. The van der Waals surface area contributed by atoms with Crippen LogP contribution in [0.3, 0.4) is 0 Å². The summed E-state index contributed by atoms with van der Waals surface area (Å²) in [7, 11) is 0. The number of nitrogens with zero attached hydrogens (tertiary/aromatic N) is 5. The number of hydrogen-bond acceptors (Lipinski definition) is 6. The van der Waals surface area contributed by atoms with E-state index in [4.69, 9.17) is 0 Å². The standard InChI is InChI=1S/C15H19N5O/c1-12(21)13-3-6-16-14(11-13)19-7-9-20(10-8-19)15-17-4-2-5-18-15/h2-6,11-12,21H,7-10H2,1H3. The molecule has 0 radical (unpaired) electrons. The van der Waals surface area contributed by atoms with Gasteiger partial charge in [-0.05, 0) is 30.7 Å². The molecule has 110 valence electrons. The Kier molecular flexibility index (Phi) is 3.96. The number of aliphatic hydroxyl groups excluding tert-OH is 1. The van der Waals surface area contributed by atoms with Crippen molar-refractivity contribution in [1.82, 2.24) is 15.0 Å². The minimum absolute atomic E-state index is 0.467. The monoisotopic (exact) mass is 285 g/mol. The smallest absolute Gasteiger partial charge is 0.225 e.